The van der Waals surface area contributed by atoms with Crippen molar-refractivity contribution in [2.45, 2.75) is 38.8 Å². The van der Waals surface area contributed by atoms with Gasteiger partial charge in [-0.05, 0) is 25.3 Å². The number of aryl methyl sites for hydroxylation is 1. The Morgan fingerprint density at radius 3 is 2.85 bits per heavy atom. The predicted molar refractivity (Wildman–Crippen MR) is 70.5 cm³/mol. The summed E-state index contributed by atoms with van der Waals surface area (Å²) in [6.07, 6.45) is 1.85. The van der Waals surface area contributed by atoms with E-state index in [-0.39, 0.29) is 11.3 Å². The molecule has 0 aromatic carbocycles. The Balaban J connectivity index is 2.27. The van der Waals surface area contributed by atoms with Crippen LogP contribution in [0.15, 0.2) is 16.9 Å². The SMILES string of the molecule is CCCn1nc(C(=O)N2CCC[C@@H]2C(=O)O)ccc1=O. The fourth-order valence-electron chi connectivity index (χ4n) is 2.35. The molecule has 2 heterocycles. The topological polar surface area (TPSA) is 92.5 Å². The van der Waals surface area contributed by atoms with Crippen molar-refractivity contribution >= 4 is 11.9 Å². The van der Waals surface area contributed by atoms with Crippen molar-refractivity contribution in [3.63, 3.8) is 0 Å². The van der Waals surface area contributed by atoms with Crippen molar-refractivity contribution in [3.8, 4) is 0 Å². The number of carboxylic acid groups (broad SMARTS) is 1. The molecule has 1 atom stereocenters. The summed E-state index contributed by atoms with van der Waals surface area (Å²) in [5.74, 6) is -1.43. The van der Waals surface area contributed by atoms with E-state index in [0.29, 0.717) is 25.9 Å². The molecule has 0 radical (unpaired) electrons. The molecule has 7 nitrogen and oxygen atoms in total. The zero-order chi connectivity index (χ0) is 14.7. The summed E-state index contributed by atoms with van der Waals surface area (Å²) in [5.41, 5.74) is -0.147. The molecule has 0 saturated carbocycles. The number of amides is 1. The lowest BCUT2D eigenvalue weighted by atomic mass is 10.2. The molecule has 2 rings (SSSR count). The molecular formula is C13H17N3O4. The minimum Gasteiger partial charge on any atom is -0.480 e. The number of carboxylic acids is 1. The molecule has 1 aromatic heterocycles. The third-order valence-electron chi connectivity index (χ3n) is 3.32. The molecule has 1 N–H and O–H groups in total. The molecule has 20 heavy (non-hydrogen) atoms. The fourth-order valence-corrected chi connectivity index (χ4v) is 2.35. The standard InChI is InChI=1S/C13H17N3O4/c1-2-7-16-11(17)6-5-9(14-16)12(18)15-8-3-4-10(15)13(19)20/h5-6,10H,2-4,7-8H2,1H3,(H,19,20)/t10-/m1/s1. The zero-order valence-electron chi connectivity index (χ0n) is 11.3. The van der Waals surface area contributed by atoms with Gasteiger partial charge >= 0.3 is 5.97 Å². The summed E-state index contributed by atoms with van der Waals surface area (Å²) < 4.78 is 1.24. The average molecular weight is 279 g/mol. The highest BCUT2D eigenvalue weighted by atomic mass is 16.4. The summed E-state index contributed by atoms with van der Waals surface area (Å²) in [7, 11) is 0. The monoisotopic (exact) mass is 279 g/mol. The largest absolute Gasteiger partial charge is 0.480 e. The summed E-state index contributed by atoms with van der Waals surface area (Å²) >= 11 is 0. The Morgan fingerprint density at radius 2 is 2.20 bits per heavy atom. The van der Waals surface area contributed by atoms with Crippen LogP contribution in [0.25, 0.3) is 0 Å². The van der Waals surface area contributed by atoms with Crippen molar-refractivity contribution in [1.29, 1.82) is 0 Å². The molecule has 0 unspecified atom stereocenters. The van der Waals surface area contributed by atoms with Crippen molar-refractivity contribution in [1.82, 2.24) is 14.7 Å². The second-order valence-corrected chi connectivity index (χ2v) is 4.77. The van der Waals surface area contributed by atoms with Gasteiger partial charge in [-0.3, -0.25) is 9.59 Å². The number of carbonyl (C=O) groups is 2. The fraction of sp³-hybridized carbons (Fsp3) is 0.538. The van der Waals surface area contributed by atoms with Gasteiger partial charge in [-0.1, -0.05) is 6.92 Å². The lowest BCUT2D eigenvalue weighted by Gasteiger charge is -2.21. The maximum Gasteiger partial charge on any atom is 0.326 e. The van der Waals surface area contributed by atoms with E-state index in [4.69, 9.17) is 5.11 Å². The van der Waals surface area contributed by atoms with Crippen LogP contribution in [-0.4, -0.2) is 44.3 Å². The molecule has 0 aliphatic carbocycles. The Hall–Kier alpha value is -2.18. The lowest BCUT2D eigenvalue weighted by molar-refractivity contribution is -0.141. The Bertz CT molecular complexity index is 581. The van der Waals surface area contributed by atoms with Gasteiger partial charge in [0.2, 0.25) is 0 Å². The zero-order valence-corrected chi connectivity index (χ0v) is 11.3. The number of aromatic nitrogens is 2. The summed E-state index contributed by atoms with van der Waals surface area (Å²) in [5, 5.41) is 13.1. The molecule has 1 aliphatic heterocycles. The molecule has 1 aromatic rings. The molecule has 108 valence electrons. The quantitative estimate of drug-likeness (QED) is 0.858. The molecule has 1 fully saturated rings. The van der Waals surface area contributed by atoms with Gasteiger partial charge in [0, 0.05) is 19.2 Å². The van der Waals surface area contributed by atoms with E-state index >= 15 is 0 Å². The molecule has 1 aliphatic rings. The molecule has 1 amide bonds. The normalized spacial score (nSPS) is 18.2. The Morgan fingerprint density at radius 1 is 1.45 bits per heavy atom. The van der Waals surface area contributed by atoms with E-state index in [1.54, 1.807) is 0 Å². The van der Waals surface area contributed by atoms with Gasteiger partial charge in [0.1, 0.15) is 11.7 Å². The van der Waals surface area contributed by atoms with Crippen LogP contribution >= 0.6 is 0 Å². The van der Waals surface area contributed by atoms with E-state index in [0.717, 1.165) is 6.42 Å². The van der Waals surface area contributed by atoms with Gasteiger partial charge in [-0.25, -0.2) is 9.48 Å². The van der Waals surface area contributed by atoms with Gasteiger partial charge < -0.3 is 10.0 Å². The van der Waals surface area contributed by atoms with Gasteiger partial charge in [0.05, 0.1) is 0 Å². The van der Waals surface area contributed by atoms with E-state index < -0.39 is 17.9 Å². The number of rotatable bonds is 4. The van der Waals surface area contributed by atoms with E-state index in [1.807, 2.05) is 6.92 Å². The highest BCUT2D eigenvalue weighted by Crippen LogP contribution is 2.19. The van der Waals surface area contributed by atoms with E-state index in [1.165, 1.54) is 21.7 Å². The summed E-state index contributed by atoms with van der Waals surface area (Å²) in [4.78, 5) is 36.3. The molecule has 0 spiro atoms. The van der Waals surface area contributed by atoms with Gasteiger partial charge in [0.15, 0.2) is 0 Å². The molecular weight excluding hydrogens is 262 g/mol. The molecule has 7 heteroatoms. The number of carbonyl (C=O) groups excluding carboxylic acids is 1. The van der Waals surface area contributed by atoms with Crippen molar-refractivity contribution < 1.29 is 14.7 Å². The smallest absolute Gasteiger partial charge is 0.326 e. The van der Waals surface area contributed by atoms with Crippen LogP contribution in [-0.2, 0) is 11.3 Å². The second-order valence-electron chi connectivity index (χ2n) is 4.77. The van der Waals surface area contributed by atoms with Crippen molar-refractivity contribution in [2.75, 3.05) is 6.54 Å². The average Bonchev–Trinajstić information content (AvgIpc) is 2.90. The highest BCUT2D eigenvalue weighted by Gasteiger charge is 2.35. The Kier molecular flexibility index (Phi) is 4.16. The Labute approximate surface area is 115 Å². The van der Waals surface area contributed by atoms with E-state index in [9.17, 15) is 14.4 Å². The maximum absolute atomic E-state index is 12.3. The first-order valence-corrected chi connectivity index (χ1v) is 6.66. The van der Waals surface area contributed by atoms with Gasteiger partial charge in [0.25, 0.3) is 11.5 Å². The van der Waals surface area contributed by atoms with Crippen LogP contribution in [0.5, 0.6) is 0 Å². The van der Waals surface area contributed by atoms with Crippen LogP contribution in [0, 0.1) is 0 Å². The lowest BCUT2D eigenvalue weighted by Crippen LogP contribution is -2.41. The van der Waals surface area contributed by atoms with E-state index in [2.05, 4.69) is 5.10 Å². The first-order chi connectivity index (χ1) is 9.54. The van der Waals surface area contributed by atoms with Crippen molar-refractivity contribution in [2.24, 2.45) is 0 Å². The first-order valence-electron chi connectivity index (χ1n) is 6.66. The number of hydrogen-bond acceptors (Lipinski definition) is 4. The summed E-state index contributed by atoms with van der Waals surface area (Å²) in [6, 6.07) is 1.85. The van der Waals surface area contributed by atoms with Crippen LogP contribution in [0.1, 0.15) is 36.7 Å². The van der Waals surface area contributed by atoms with Crippen LogP contribution in [0.4, 0.5) is 0 Å². The van der Waals surface area contributed by atoms with Crippen LogP contribution in [0.2, 0.25) is 0 Å². The number of likely N-dealkylation sites (tertiary alicyclic amines) is 1. The maximum atomic E-state index is 12.3. The minimum absolute atomic E-state index is 0.117. The number of hydrogen-bond donors (Lipinski definition) is 1. The molecule has 1 saturated heterocycles. The predicted octanol–water partition coefficient (Wildman–Crippen LogP) is 0.342. The van der Waals surface area contributed by atoms with Crippen molar-refractivity contribution in [3.05, 3.63) is 28.2 Å². The second kappa shape index (κ2) is 5.85. The third-order valence-corrected chi connectivity index (χ3v) is 3.32. The van der Waals surface area contributed by atoms with Gasteiger partial charge in [-0.2, -0.15) is 5.10 Å². The van der Waals surface area contributed by atoms with Crippen LogP contribution in [0.3, 0.4) is 0 Å². The highest BCUT2D eigenvalue weighted by molar-refractivity contribution is 5.95. The number of nitrogens with zero attached hydrogens (tertiary/aromatic N) is 3. The minimum atomic E-state index is -1.00. The van der Waals surface area contributed by atoms with Crippen LogP contribution < -0.4 is 5.56 Å². The first kappa shape index (κ1) is 14.2. The number of aliphatic carboxylic acids is 1. The molecule has 0 bridgehead atoms. The summed E-state index contributed by atoms with van der Waals surface area (Å²) in [6.45, 7) is 2.75. The third kappa shape index (κ3) is 2.71. The van der Waals surface area contributed by atoms with Gasteiger partial charge in [-0.15, -0.1) is 0 Å².